The number of benzene rings is 1. The van der Waals surface area contributed by atoms with Crippen LogP contribution in [0.4, 0.5) is 18.0 Å². The van der Waals surface area contributed by atoms with Gasteiger partial charge in [-0.2, -0.15) is 13.2 Å². The lowest BCUT2D eigenvalue weighted by Crippen LogP contribution is -2.41. The number of sulfonamides is 1. The maximum atomic E-state index is 12.9. The number of unbranched alkanes of at least 4 members (excludes halogenated alkanes) is 1. The Hall–Kier alpha value is -4.05. The summed E-state index contributed by atoms with van der Waals surface area (Å²) < 4.78 is 78.4. The molecule has 3 atom stereocenters. The Morgan fingerprint density at radius 2 is 1.80 bits per heavy atom. The highest BCUT2D eigenvalue weighted by Crippen LogP contribution is 2.51. The van der Waals surface area contributed by atoms with Crippen molar-refractivity contribution in [1.29, 1.82) is 0 Å². The molecule has 2 aromatic heterocycles. The van der Waals surface area contributed by atoms with Crippen molar-refractivity contribution in [3.05, 3.63) is 59.4 Å². The summed E-state index contributed by atoms with van der Waals surface area (Å²) in [6, 6.07) is 9.78. The first kappa shape index (κ1) is 36.2. The molecule has 0 bridgehead atoms. The monoisotopic (exact) mass is 727 g/mol. The molecule has 2 aliphatic rings. The van der Waals surface area contributed by atoms with Gasteiger partial charge in [-0.05, 0) is 101 Å². The Morgan fingerprint density at radius 1 is 1.06 bits per heavy atom. The van der Waals surface area contributed by atoms with Gasteiger partial charge in [-0.1, -0.05) is 11.6 Å². The summed E-state index contributed by atoms with van der Waals surface area (Å²) >= 11 is 6.22. The average Bonchev–Trinajstić information content (AvgIpc) is 3.54. The van der Waals surface area contributed by atoms with E-state index in [0.29, 0.717) is 24.8 Å². The van der Waals surface area contributed by atoms with Crippen LogP contribution in [0.5, 0.6) is 11.6 Å². The molecule has 1 aromatic carbocycles. The summed E-state index contributed by atoms with van der Waals surface area (Å²) in [5.41, 5.74) is -0.570. The van der Waals surface area contributed by atoms with Crippen molar-refractivity contribution < 1.29 is 45.8 Å². The van der Waals surface area contributed by atoms with Gasteiger partial charge in [-0.25, -0.2) is 27.6 Å². The molecule has 1 saturated heterocycles. The van der Waals surface area contributed by atoms with Crippen molar-refractivity contribution in [2.45, 2.75) is 69.0 Å². The van der Waals surface area contributed by atoms with E-state index in [0.717, 1.165) is 25.7 Å². The molecule has 0 radical (unpaired) electrons. The summed E-state index contributed by atoms with van der Waals surface area (Å²) in [7, 11) is -4.27. The smallest absolute Gasteiger partial charge is 0.407 e. The van der Waals surface area contributed by atoms with E-state index < -0.39 is 40.0 Å². The Balaban J connectivity index is 1.07. The third-order valence-electron chi connectivity index (χ3n) is 8.79. The van der Waals surface area contributed by atoms with Gasteiger partial charge >= 0.3 is 12.3 Å². The maximum absolute atomic E-state index is 12.9. The van der Waals surface area contributed by atoms with E-state index >= 15 is 0 Å². The molecule has 1 aliphatic heterocycles. The van der Waals surface area contributed by atoms with Crippen molar-refractivity contribution >= 4 is 33.6 Å². The fourth-order valence-corrected chi connectivity index (χ4v) is 7.31. The van der Waals surface area contributed by atoms with Gasteiger partial charge in [0.05, 0.1) is 29.6 Å². The third kappa shape index (κ3) is 9.15. The number of carboxylic acid groups (broad SMARTS) is 1. The fraction of sp³-hybridized carbons (Fsp3) is 0.500. The molecular weight excluding hydrogens is 691 g/mol. The first-order valence-corrected chi connectivity index (χ1v) is 17.6. The van der Waals surface area contributed by atoms with Crippen LogP contribution in [-0.2, 0) is 10.0 Å². The minimum absolute atomic E-state index is 0.0723. The largest absolute Gasteiger partial charge is 0.494 e. The quantitative estimate of drug-likeness (QED) is 0.143. The molecule has 3 heterocycles. The lowest BCUT2D eigenvalue weighted by Gasteiger charge is -2.28. The topological polar surface area (TPSA) is 153 Å². The van der Waals surface area contributed by atoms with Gasteiger partial charge in [0.1, 0.15) is 10.9 Å². The third-order valence-corrected chi connectivity index (χ3v) is 10.4. The second kappa shape index (κ2) is 14.4. The Bertz CT molecular complexity index is 1770. The predicted molar refractivity (Wildman–Crippen MR) is 171 cm³/mol. The maximum Gasteiger partial charge on any atom is 0.407 e. The van der Waals surface area contributed by atoms with Gasteiger partial charge in [0.15, 0.2) is 5.82 Å². The number of amides is 2. The van der Waals surface area contributed by atoms with E-state index in [1.165, 1.54) is 58.2 Å². The SMILES string of the molecule is CC1(C)CC(CCCCOc2ccc(S(=O)(=O)NC(=O)c3ccc(-n4ccc(OCCC5CC5C(F)(F)F)n4)nc3Cl)cc2)CN1C(=O)O. The lowest BCUT2D eigenvalue weighted by molar-refractivity contribution is -0.151. The Morgan fingerprint density at radius 3 is 2.43 bits per heavy atom. The number of hydrogen-bond donors (Lipinski definition) is 2. The standard InChI is InChI=1S/C32H37ClF3N5O7S/c1-31(2)18-20(19-40(31)30(43)44)5-3-4-15-47-22-6-8-23(9-7-22)49(45,46)39-29(42)24-10-11-26(37-28(24)33)41-14-12-27(38-41)48-16-13-21-17-25(21)32(34,35)36/h6-12,14,20-21,25H,3-5,13,15-19H2,1-2H3,(H,39,42)(H,43,44). The highest BCUT2D eigenvalue weighted by atomic mass is 35.5. The molecule has 3 aromatic rings. The fourth-order valence-electron chi connectivity index (χ4n) is 6.11. The zero-order chi connectivity index (χ0) is 35.6. The van der Waals surface area contributed by atoms with Crippen LogP contribution in [0, 0.1) is 17.8 Å². The number of nitrogens with one attached hydrogen (secondary N) is 1. The lowest BCUT2D eigenvalue weighted by atomic mass is 9.93. The second-order valence-electron chi connectivity index (χ2n) is 12.9. The summed E-state index contributed by atoms with van der Waals surface area (Å²) in [4.78, 5) is 29.7. The molecular formula is C32H37ClF3N5O7S. The van der Waals surface area contributed by atoms with E-state index in [2.05, 4.69) is 10.1 Å². The number of alkyl halides is 3. The molecule has 2 N–H and O–H groups in total. The van der Waals surface area contributed by atoms with Crippen molar-refractivity contribution in [2.75, 3.05) is 19.8 Å². The number of nitrogens with zero attached hydrogens (tertiary/aromatic N) is 4. The van der Waals surface area contributed by atoms with Gasteiger partial charge in [0, 0.05) is 24.3 Å². The van der Waals surface area contributed by atoms with Crippen LogP contribution in [0.3, 0.4) is 0 Å². The van der Waals surface area contributed by atoms with Crippen LogP contribution >= 0.6 is 11.6 Å². The molecule has 2 amide bonds. The summed E-state index contributed by atoms with van der Waals surface area (Å²) in [5.74, 6) is -1.60. The molecule has 49 heavy (non-hydrogen) atoms. The van der Waals surface area contributed by atoms with Gasteiger partial charge in [0.25, 0.3) is 15.9 Å². The van der Waals surface area contributed by atoms with Crippen LogP contribution in [0.15, 0.2) is 53.6 Å². The minimum atomic E-state index is -4.27. The molecule has 3 unspecified atom stereocenters. The highest BCUT2D eigenvalue weighted by molar-refractivity contribution is 7.90. The summed E-state index contributed by atoms with van der Waals surface area (Å²) in [5, 5.41) is 13.3. The van der Waals surface area contributed by atoms with Crippen molar-refractivity contribution in [2.24, 2.45) is 17.8 Å². The molecule has 1 aliphatic carbocycles. The van der Waals surface area contributed by atoms with Crippen molar-refractivity contribution in [3.63, 3.8) is 0 Å². The molecule has 1 saturated carbocycles. The number of hydrogen-bond acceptors (Lipinski definition) is 8. The Labute approximate surface area is 286 Å². The zero-order valence-electron chi connectivity index (χ0n) is 26.8. The first-order chi connectivity index (χ1) is 23.0. The minimum Gasteiger partial charge on any atom is -0.494 e. The van der Waals surface area contributed by atoms with Crippen LogP contribution in [-0.4, -0.2) is 76.7 Å². The van der Waals surface area contributed by atoms with Gasteiger partial charge in [-0.15, -0.1) is 5.10 Å². The first-order valence-electron chi connectivity index (χ1n) is 15.8. The zero-order valence-corrected chi connectivity index (χ0v) is 28.4. The highest BCUT2D eigenvalue weighted by Gasteiger charge is 2.55. The van der Waals surface area contributed by atoms with Gasteiger partial charge in [0.2, 0.25) is 5.88 Å². The van der Waals surface area contributed by atoms with Crippen LogP contribution in [0.25, 0.3) is 5.82 Å². The van der Waals surface area contributed by atoms with E-state index in [9.17, 15) is 36.3 Å². The molecule has 5 rings (SSSR count). The van der Waals surface area contributed by atoms with Crippen molar-refractivity contribution in [3.8, 4) is 17.4 Å². The predicted octanol–water partition coefficient (Wildman–Crippen LogP) is 6.33. The molecule has 2 fully saturated rings. The van der Waals surface area contributed by atoms with E-state index in [-0.39, 0.29) is 52.3 Å². The van der Waals surface area contributed by atoms with Crippen LogP contribution in [0.2, 0.25) is 5.15 Å². The van der Waals surface area contributed by atoms with E-state index in [1.54, 1.807) is 0 Å². The number of carbonyl (C=O) groups is 2. The molecule has 12 nitrogen and oxygen atoms in total. The normalized spacial score (nSPS) is 20.2. The van der Waals surface area contributed by atoms with Crippen molar-refractivity contribution in [1.82, 2.24) is 24.4 Å². The van der Waals surface area contributed by atoms with E-state index in [1.807, 2.05) is 18.6 Å². The Kier molecular flexibility index (Phi) is 10.7. The number of pyridine rings is 1. The molecule has 17 heteroatoms. The van der Waals surface area contributed by atoms with Crippen LogP contribution < -0.4 is 14.2 Å². The van der Waals surface area contributed by atoms with Gasteiger partial charge < -0.3 is 19.5 Å². The van der Waals surface area contributed by atoms with Gasteiger partial charge in [-0.3, -0.25) is 4.79 Å². The molecule has 266 valence electrons. The number of aromatic nitrogens is 3. The average molecular weight is 728 g/mol. The second-order valence-corrected chi connectivity index (χ2v) is 15.0. The van der Waals surface area contributed by atoms with E-state index in [4.69, 9.17) is 21.1 Å². The van der Waals surface area contributed by atoms with Crippen LogP contribution in [0.1, 0.15) is 62.7 Å². The number of halogens is 4. The summed E-state index contributed by atoms with van der Waals surface area (Å²) in [6.07, 6.45) is 0.0754. The number of ether oxygens (including phenoxy) is 2. The number of carbonyl (C=O) groups excluding carboxylic acids is 1. The molecule has 0 spiro atoms. The number of rotatable bonds is 14. The summed E-state index contributed by atoms with van der Waals surface area (Å²) in [6.45, 7) is 4.87. The number of likely N-dealkylation sites (tertiary alicyclic amines) is 1.